The number of rotatable bonds is 6. The second-order valence-corrected chi connectivity index (χ2v) is 11.2. The first-order valence-corrected chi connectivity index (χ1v) is 14.2. The highest BCUT2D eigenvalue weighted by Crippen LogP contribution is 2.40. The van der Waals surface area contributed by atoms with Gasteiger partial charge in [-0.05, 0) is 61.7 Å². The molecule has 0 radical (unpaired) electrons. The minimum Gasteiger partial charge on any atom is -0.383 e. The monoisotopic (exact) mass is 596 g/mol. The Balaban J connectivity index is 1.18. The average molecular weight is 597 g/mol. The van der Waals surface area contributed by atoms with Gasteiger partial charge in [0.05, 0.1) is 16.6 Å². The van der Waals surface area contributed by atoms with E-state index in [1.165, 1.54) is 30.6 Å². The summed E-state index contributed by atoms with van der Waals surface area (Å²) in [7, 11) is 1.98. The van der Waals surface area contributed by atoms with Gasteiger partial charge in [0.2, 0.25) is 0 Å². The number of nitrogens with zero attached hydrogens (tertiary/aromatic N) is 5. The fourth-order valence-electron chi connectivity index (χ4n) is 5.64. The molecular weight excluding hydrogens is 564 g/mol. The Kier molecular flexibility index (Phi) is 7.69. The van der Waals surface area contributed by atoms with Gasteiger partial charge >= 0.3 is 12.2 Å². The molecule has 0 spiro atoms. The van der Waals surface area contributed by atoms with Gasteiger partial charge in [-0.25, -0.2) is 19.2 Å². The maximum atomic E-state index is 15.2. The predicted octanol–water partition coefficient (Wildman–Crippen LogP) is 5.95. The molecule has 9 nitrogen and oxygen atoms in total. The molecule has 1 aliphatic heterocycles. The molecule has 1 saturated carbocycles. The zero-order valence-corrected chi connectivity index (χ0v) is 23.6. The number of hydrogen-bond acceptors (Lipinski definition) is 6. The molecule has 3 heterocycles. The van der Waals surface area contributed by atoms with Crippen LogP contribution in [0.4, 0.5) is 39.5 Å². The van der Waals surface area contributed by atoms with Gasteiger partial charge in [-0.3, -0.25) is 4.90 Å². The Morgan fingerprint density at radius 1 is 1.05 bits per heavy atom. The van der Waals surface area contributed by atoms with Crippen molar-refractivity contribution in [2.45, 2.75) is 38.0 Å². The first-order valence-electron chi connectivity index (χ1n) is 14.2. The van der Waals surface area contributed by atoms with Crippen molar-refractivity contribution in [2.75, 3.05) is 49.6 Å². The molecule has 0 unspecified atom stereocenters. The molecule has 6 rings (SSSR count). The van der Waals surface area contributed by atoms with Crippen LogP contribution in [0.15, 0.2) is 48.9 Å². The number of piperazine rings is 1. The number of amides is 2. The van der Waals surface area contributed by atoms with Gasteiger partial charge in [0, 0.05) is 56.2 Å². The number of anilines is 3. The lowest BCUT2D eigenvalue weighted by atomic mass is 9.93. The number of benzene rings is 2. The Morgan fingerprint density at radius 3 is 2.49 bits per heavy atom. The summed E-state index contributed by atoms with van der Waals surface area (Å²) in [5.74, 6) is -0.432. The summed E-state index contributed by atoms with van der Waals surface area (Å²) < 4.78 is 59.1. The quantitative estimate of drug-likeness (QED) is 0.238. The number of nitrogens with two attached hydrogens (primary N) is 1. The number of carbonyl (C=O) groups is 1. The molecule has 13 heteroatoms. The lowest BCUT2D eigenvalue weighted by molar-refractivity contribution is -0.138. The van der Waals surface area contributed by atoms with Crippen LogP contribution < -0.4 is 16.4 Å². The minimum absolute atomic E-state index is 0.0525. The van der Waals surface area contributed by atoms with Crippen LogP contribution in [0, 0.1) is 5.82 Å². The van der Waals surface area contributed by atoms with E-state index >= 15 is 4.39 Å². The maximum Gasteiger partial charge on any atom is 0.416 e. The number of fused-ring (bicyclic) bond motifs is 1. The molecule has 0 bridgehead atoms. The Bertz CT molecular complexity index is 1660. The van der Waals surface area contributed by atoms with Crippen molar-refractivity contribution >= 4 is 34.3 Å². The van der Waals surface area contributed by atoms with Crippen LogP contribution in [0.5, 0.6) is 0 Å². The van der Waals surface area contributed by atoms with Gasteiger partial charge in [-0.15, -0.1) is 0 Å². The highest BCUT2D eigenvalue weighted by Gasteiger charge is 2.34. The van der Waals surface area contributed by atoms with Crippen molar-refractivity contribution in [3.8, 4) is 11.1 Å². The molecular formula is C30H32F4N8O. The molecule has 43 heavy (non-hydrogen) atoms. The fraction of sp³-hybridized carbons (Fsp3) is 0.367. The highest BCUT2D eigenvalue weighted by atomic mass is 19.4. The minimum atomic E-state index is -4.60. The molecule has 0 atom stereocenters. The number of aromatic nitrogens is 3. The van der Waals surface area contributed by atoms with Gasteiger partial charge in [-0.1, -0.05) is 12.1 Å². The van der Waals surface area contributed by atoms with E-state index in [0.29, 0.717) is 41.3 Å². The number of nitrogen functional groups attached to an aromatic ring is 1. The number of halogens is 4. The third-order valence-corrected chi connectivity index (χ3v) is 8.30. The molecule has 2 aromatic heterocycles. The van der Waals surface area contributed by atoms with Crippen molar-refractivity contribution in [2.24, 2.45) is 0 Å². The molecule has 4 aromatic rings. The van der Waals surface area contributed by atoms with Gasteiger partial charge < -0.3 is 25.8 Å². The smallest absolute Gasteiger partial charge is 0.383 e. The largest absolute Gasteiger partial charge is 0.416 e. The Labute approximate surface area is 245 Å². The van der Waals surface area contributed by atoms with Crippen molar-refractivity contribution < 1.29 is 22.4 Å². The molecule has 1 aliphatic carbocycles. The zero-order chi connectivity index (χ0) is 30.3. The fourth-order valence-corrected chi connectivity index (χ4v) is 5.64. The van der Waals surface area contributed by atoms with Gasteiger partial charge in [0.1, 0.15) is 23.6 Å². The number of urea groups is 1. The van der Waals surface area contributed by atoms with Crippen LogP contribution in [-0.4, -0.2) is 63.6 Å². The SMILES string of the molecule is CN1CCN(Cc2ccc(NC(=O)Nc3ccc(-c4cn(C5CCC5)c5ncnc(N)c45)cc3F)cc2C(F)(F)F)CC1. The van der Waals surface area contributed by atoms with Gasteiger partial charge in [0.25, 0.3) is 0 Å². The van der Waals surface area contributed by atoms with E-state index in [4.69, 9.17) is 5.73 Å². The summed E-state index contributed by atoms with van der Waals surface area (Å²) in [6, 6.07) is 7.44. The average Bonchev–Trinajstić information content (AvgIpc) is 3.31. The van der Waals surface area contributed by atoms with Gasteiger partial charge in [-0.2, -0.15) is 13.2 Å². The number of nitrogens with one attached hydrogen (secondary N) is 2. The van der Waals surface area contributed by atoms with Crippen molar-refractivity contribution in [1.82, 2.24) is 24.3 Å². The number of likely N-dealkylation sites (N-methyl/N-ethyl adjacent to an activating group) is 1. The zero-order valence-electron chi connectivity index (χ0n) is 23.6. The molecule has 226 valence electrons. The Hall–Kier alpha value is -4.23. The predicted molar refractivity (Wildman–Crippen MR) is 157 cm³/mol. The summed E-state index contributed by atoms with van der Waals surface area (Å²) in [5.41, 5.74) is 7.19. The van der Waals surface area contributed by atoms with Crippen LogP contribution in [-0.2, 0) is 12.7 Å². The van der Waals surface area contributed by atoms with Crippen LogP contribution in [0.2, 0.25) is 0 Å². The molecule has 4 N–H and O–H groups in total. The summed E-state index contributed by atoms with van der Waals surface area (Å²) in [5, 5.41) is 5.43. The highest BCUT2D eigenvalue weighted by molar-refractivity contribution is 6.02. The lowest BCUT2D eigenvalue weighted by Crippen LogP contribution is -2.44. The van der Waals surface area contributed by atoms with Crippen LogP contribution in [0.3, 0.4) is 0 Å². The molecule has 1 saturated heterocycles. The maximum absolute atomic E-state index is 15.2. The second kappa shape index (κ2) is 11.5. The van der Waals surface area contributed by atoms with Crippen LogP contribution >= 0.6 is 0 Å². The Morgan fingerprint density at radius 2 is 1.81 bits per heavy atom. The summed E-state index contributed by atoms with van der Waals surface area (Å²) in [4.78, 5) is 25.3. The van der Waals surface area contributed by atoms with E-state index < -0.39 is 23.6 Å². The second-order valence-electron chi connectivity index (χ2n) is 11.2. The van der Waals surface area contributed by atoms with Crippen molar-refractivity contribution in [1.29, 1.82) is 0 Å². The summed E-state index contributed by atoms with van der Waals surface area (Å²) in [6.07, 6.45) is 1.86. The number of hydrogen-bond donors (Lipinski definition) is 3. The van der Waals surface area contributed by atoms with E-state index in [-0.39, 0.29) is 29.3 Å². The van der Waals surface area contributed by atoms with E-state index in [0.717, 1.165) is 38.4 Å². The van der Waals surface area contributed by atoms with E-state index in [9.17, 15) is 18.0 Å². The summed E-state index contributed by atoms with van der Waals surface area (Å²) in [6.45, 7) is 3.06. The standard InChI is InChI=1S/C30H32F4N8O/c1-40-9-11-41(12-10-40)15-19-5-7-20(14-23(19)30(32,33)34)38-29(43)39-25-8-6-18(13-24(25)31)22-16-42(21-3-2-4-21)28-26(22)27(35)36-17-37-28/h5-8,13-14,16-17,21H,2-4,9-12,15H2,1H3,(H2,35,36,37)(H2,38,39,43). The third kappa shape index (κ3) is 6.00. The van der Waals surface area contributed by atoms with E-state index in [1.807, 2.05) is 18.1 Å². The van der Waals surface area contributed by atoms with Crippen molar-refractivity contribution in [3.05, 3.63) is 65.9 Å². The molecule has 2 amide bonds. The van der Waals surface area contributed by atoms with Crippen molar-refractivity contribution in [3.63, 3.8) is 0 Å². The summed E-state index contributed by atoms with van der Waals surface area (Å²) >= 11 is 0. The topological polar surface area (TPSA) is 104 Å². The van der Waals surface area contributed by atoms with Crippen LogP contribution in [0.1, 0.15) is 36.4 Å². The molecule has 2 aromatic carbocycles. The van der Waals surface area contributed by atoms with Crippen LogP contribution in [0.25, 0.3) is 22.2 Å². The van der Waals surface area contributed by atoms with Gasteiger partial charge in [0.15, 0.2) is 0 Å². The van der Waals surface area contributed by atoms with E-state index in [1.54, 1.807) is 6.07 Å². The number of carbonyl (C=O) groups excluding carboxylic acids is 1. The third-order valence-electron chi connectivity index (χ3n) is 8.30. The first-order chi connectivity index (χ1) is 20.6. The molecule has 2 aliphatic rings. The van der Waals surface area contributed by atoms with E-state index in [2.05, 4.69) is 30.1 Å². The normalized spacial score (nSPS) is 16.8. The molecule has 2 fully saturated rings. The lowest BCUT2D eigenvalue weighted by Gasteiger charge is -2.33. The number of alkyl halides is 3. The first kappa shape index (κ1) is 28.9.